The minimum Gasteiger partial charge on any atom is -0.493 e. The zero-order valence-corrected chi connectivity index (χ0v) is 22.7. The lowest BCUT2D eigenvalue weighted by molar-refractivity contribution is -0.274. The second kappa shape index (κ2) is 12.1. The molecule has 1 unspecified atom stereocenters. The lowest BCUT2D eigenvalue weighted by Gasteiger charge is -2.43. The molecule has 6 nitrogen and oxygen atoms in total. The van der Waals surface area contributed by atoms with E-state index in [0.717, 1.165) is 43.6 Å². The Kier molecular flexibility index (Phi) is 9.11. The smallest absolute Gasteiger partial charge is 0.493 e. The number of ether oxygens (including phenoxy) is 2. The quantitative estimate of drug-likeness (QED) is 0.440. The third kappa shape index (κ3) is 8.01. The average Bonchev–Trinajstić information content (AvgIpc) is 2.84. The van der Waals surface area contributed by atoms with Crippen LogP contribution in [-0.4, -0.2) is 79.9 Å². The molecule has 0 saturated carbocycles. The van der Waals surface area contributed by atoms with Crippen molar-refractivity contribution in [2.24, 2.45) is 5.41 Å². The van der Waals surface area contributed by atoms with E-state index < -0.39 is 11.8 Å². The number of nitrogens with zero attached hydrogens (tertiary/aromatic N) is 3. The summed E-state index contributed by atoms with van der Waals surface area (Å²) in [6.07, 6.45) is -2.69. The van der Waals surface area contributed by atoms with Gasteiger partial charge in [0.05, 0.1) is 6.61 Å². The van der Waals surface area contributed by atoms with Crippen molar-refractivity contribution in [2.75, 3.05) is 52.9 Å². The van der Waals surface area contributed by atoms with Gasteiger partial charge < -0.3 is 19.3 Å². The number of likely N-dealkylation sites (tertiary alicyclic amines) is 1. The molecule has 2 aliphatic heterocycles. The Morgan fingerprint density at radius 3 is 2.53 bits per heavy atom. The van der Waals surface area contributed by atoms with Gasteiger partial charge in [-0.25, -0.2) is 0 Å². The number of halogens is 4. The van der Waals surface area contributed by atoms with Gasteiger partial charge in [-0.05, 0) is 74.8 Å². The molecule has 2 heterocycles. The topological polar surface area (TPSA) is 45.2 Å². The second-order valence-corrected chi connectivity index (χ2v) is 11.0. The van der Waals surface area contributed by atoms with Gasteiger partial charge in [0.25, 0.3) is 0 Å². The van der Waals surface area contributed by atoms with E-state index in [9.17, 15) is 18.0 Å². The first kappa shape index (κ1) is 28.5. The normalized spacial score (nSPS) is 21.4. The summed E-state index contributed by atoms with van der Waals surface area (Å²) < 4.78 is 48.5. The lowest BCUT2D eigenvalue weighted by atomic mass is 9.77. The molecule has 2 aromatic rings. The average molecular weight is 554 g/mol. The molecule has 2 fully saturated rings. The van der Waals surface area contributed by atoms with E-state index in [1.165, 1.54) is 12.1 Å². The highest BCUT2D eigenvalue weighted by Crippen LogP contribution is 2.36. The van der Waals surface area contributed by atoms with Crippen LogP contribution in [0.4, 0.5) is 13.2 Å². The van der Waals surface area contributed by atoms with Crippen LogP contribution >= 0.6 is 11.6 Å². The summed E-state index contributed by atoms with van der Waals surface area (Å²) in [5.74, 6) is 0.591. The maximum atomic E-state index is 13.4. The largest absolute Gasteiger partial charge is 0.573 e. The van der Waals surface area contributed by atoms with Crippen LogP contribution in [0.25, 0.3) is 0 Å². The van der Waals surface area contributed by atoms with Crippen molar-refractivity contribution < 1.29 is 27.4 Å². The van der Waals surface area contributed by atoms with Gasteiger partial charge in [-0.1, -0.05) is 23.7 Å². The highest BCUT2D eigenvalue weighted by atomic mass is 35.5. The molecule has 1 atom stereocenters. The molecule has 0 spiro atoms. The number of amides is 1. The fourth-order valence-corrected chi connectivity index (χ4v) is 5.41. The van der Waals surface area contributed by atoms with Gasteiger partial charge in [0.15, 0.2) is 0 Å². The van der Waals surface area contributed by atoms with Crippen LogP contribution in [0.15, 0.2) is 42.5 Å². The van der Waals surface area contributed by atoms with Crippen LogP contribution in [0.5, 0.6) is 11.5 Å². The number of benzene rings is 2. The molecule has 0 N–H and O–H groups in total. The molecule has 208 valence electrons. The van der Waals surface area contributed by atoms with Crippen molar-refractivity contribution in [3.05, 3.63) is 58.6 Å². The lowest BCUT2D eigenvalue weighted by Crippen LogP contribution is -2.52. The molecule has 38 heavy (non-hydrogen) atoms. The summed E-state index contributed by atoms with van der Waals surface area (Å²) in [4.78, 5) is 19.8. The number of carbonyl (C=O) groups is 1. The van der Waals surface area contributed by atoms with E-state index in [1.807, 2.05) is 24.0 Å². The van der Waals surface area contributed by atoms with Gasteiger partial charge in [0, 0.05) is 56.1 Å². The van der Waals surface area contributed by atoms with Gasteiger partial charge in [-0.2, -0.15) is 0 Å². The van der Waals surface area contributed by atoms with E-state index in [2.05, 4.69) is 21.6 Å². The number of alkyl halides is 3. The van der Waals surface area contributed by atoms with Crippen molar-refractivity contribution >= 4 is 17.5 Å². The molecule has 1 amide bonds. The summed E-state index contributed by atoms with van der Waals surface area (Å²) in [5.41, 5.74) is 1.21. The number of carbonyl (C=O) groups excluding carboxylic acids is 1. The molecule has 10 heteroatoms. The SMILES string of the molecule is Cc1cc(OCC2(CC(=O)N3CCN(C)CC3)CCCN(Cc3cccc(OC(F)(F)F)c3)C2)ccc1Cl. The summed E-state index contributed by atoms with van der Waals surface area (Å²) in [7, 11) is 2.05. The molecular weight excluding hydrogens is 519 g/mol. The van der Waals surface area contributed by atoms with Crippen LogP contribution in [-0.2, 0) is 11.3 Å². The van der Waals surface area contributed by atoms with Crippen LogP contribution in [0.3, 0.4) is 0 Å². The number of aryl methyl sites for hydroxylation is 1. The number of hydrogen-bond donors (Lipinski definition) is 0. The first-order valence-corrected chi connectivity index (χ1v) is 13.3. The number of likely N-dealkylation sites (N-methyl/N-ethyl adjacent to an activating group) is 1. The van der Waals surface area contributed by atoms with Gasteiger partial charge in [0.1, 0.15) is 11.5 Å². The zero-order chi connectivity index (χ0) is 27.3. The Balaban J connectivity index is 1.49. The third-order valence-corrected chi connectivity index (χ3v) is 7.76. The van der Waals surface area contributed by atoms with Crippen molar-refractivity contribution in [3.8, 4) is 11.5 Å². The molecule has 0 radical (unpaired) electrons. The van der Waals surface area contributed by atoms with E-state index in [0.29, 0.717) is 50.0 Å². The number of hydrogen-bond acceptors (Lipinski definition) is 5. The second-order valence-electron chi connectivity index (χ2n) is 10.6. The predicted molar refractivity (Wildman–Crippen MR) is 140 cm³/mol. The minimum atomic E-state index is -4.74. The summed E-state index contributed by atoms with van der Waals surface area (Å²) in [6, 6.07) is 11.6. The Hall–Kier alpha value is -2.49. The summed E-state index contributed by atoms with van der Waals surface area (Å²) in [6.45, 7) is 7.24. The van der Waals surface area contributed by atoms with Crippen LogP contribution in [0.2, 0.25) is 5.02 Å². The Morgan fingerprint density at radius 2 is 1.82 bits per heavy atom. The van der Waals surface area contributed by atoms with Crippen molar-refractivity contribution in [1.82, 2.24) is 14.7 Å². The number of piperidine rings is 1. The van der Waals surface area contributed by atoms with Crippen molar-refractivity contribution in [3.63, 3.8) is 0 Å². The molecule has 2 saturated heterocycles. The number of piperazine rings is 1. The molecule has 2 aromatic carbocycles. The fraction of sp³-hybridized carbons (Fsp3) is 0.536. The van der Waals surface area contributed by atoms with Crippen LogP contribution < -0.4 is 9.47 Å². The fourth-order valence-electron chi connectivity index (χ4n) is 5.29. The van der Waals surface area contributed by atoms with E-state index >= 15 is 0 Å². The standard InChI is InChI=1S/C28H35ClF3N3O3/c1-21-15-23(7-8-25(21)29)37-20-27(17-26(36)35-13-11-33(2)12-14-35)9-4-10-34(19-27)18-22-5-3-6-24(16-22)38-28(30,31)32/h3,5-8,15-16H,4,9-14,17-20H2,1-2H3. The Bertz CT molecular complexity index is 1110. The van der Waals surface area contributed by atoms with E-state index in [1.54, 1.807) is 18.2 Å². The third-order valence-electron chi connectivity index (χ3n) is 7.34. The first-order chi connectivity index (χ1) is 18.0. The molecule has 0 aromatic heterocycles. The molecule has 4 rings (SSSR count). The van der Waals surface area contributed by atoms with Crippen molar-refractivity contribution in [2.45, 2.75) is 39.1 Å². The first-order valence-electron chi connectivity index (χ1n) is 12.9. The predicted octanol–water partition coefficient (Wildman–Crippen LogP) is 5.37. The highest BCUT2D eigenvalue weighted by molar-refractivity contribution is 6.31. The van der Waals surface area contributed by atoms with Crippen LogP contribution in [0, 0.1) is 12.3 Å². The van der Waals surface area contributed by atoms with Gasteiger partial charge in [0.2, 0.25) is 5.91 Å². The molecule has 2 aliphatic rings. The van der Waals surface area contributed by atoms with E-state index in [-0.39, 0.29) is 11.7 Å². The summed E-state index contributed by atoms with van der Waals surface area (Å²) >= 11 is 6.18. The van der Waals surface area contributed by atoms with Gasteiger partial charge >= 0.3 is 6.36 Å². The zero-order valence-electron chi connectivity index (χ0n) is 21.9. The minimum absolute atomic E-state index is 0.122. The highest BCUT2D eigenvalue weighted by Gasteiger charge is 2.40. The molecule has 0 bridgehead atoms. The molecular formula is C28H35ClF3N3O3. The van der Waals surface area contributed by atoms with E-state index in [4.69, 9.17) is 16.3 Å². The van der Waals surface area contributed by atoms with Gasteiger partial charge in [-0.3, -0.25) is 9.69 Å². The molecule has 0 aliphatic carbocycles. The Labute approximate surface area is 227 Å². The van der Waals surface area contributed by atoms with Crippen molar-refractivity contribution in [1.29, 1.82) is 0 Å². The van der Waals surface area contributed by atoms with Gasteiger partial charge in [-0.15, -0.1) is 13.2 Å². The number of rotatable bonds is 8. The van der Waals surface area contributed by atoms with Crippen LogP contribution in [0.1, 0.15) is 30.4 Å². The maximum absolute atomic E-state index is 13.4. The Morgan fingerprint density at radius 1 is 1.05 bits per heavy atom. The monoisotopic (exact) mass is 553 g/mol. The summed E-state index contributed by atoms with van der Waals surface area (Å²) in [5, 5.41) is 0.665. The maximum Gasteiger partial charge on any atom is 0.573 e.